The lowest BCUT2D eigenvalue weighted by Crippen LogP contribution is -2.52. The SMILES string of the molecule is COc1nc2ccc(Br)cc2cc1C(c1ccccc1)C1(O)CCNC(Cc2ccccc2)C1. The number of ether oxygens (including phenoxy) is 1. The Kier molecular flexibility index (Phi) is 6.68. The molecule has 4 aromatic rings. The molecule has 2 heterocycles. The van der Waals surface area contributed by atoms with Crippen LogP contribution >= 0.6 is 15.9 Å². The van der Waals surface area contributed by atoms with Crippen molar-refractivity contribution in [3.63, 3.8) is 0 Å². The number of halogens is 1. The average molecular weight is 517 g/mol. The monoisotopic (exact) mass is 516 g/mol. The third kappa shape index (κ3) is 4.74. The van der Waals surface area contributed by atoms with Crippen molar-refractivity contribution < 1.29 is 9.84 Å². The van der Waals surface area contributed by atoms with Gasteiger partial charge in [-0.2, -0.15) is 0 Å². The highest BCUT2D eigenvalue weighted by atomic mass is 79.9. The highest BCUT2D eigenvalue weighted by Gasteiger charge is 2.44. The molecule has 1 fully saturated rings. The number of benzene rings is 3. The van der Waals surface area contributed by atoms with Crippen molar-refractivity contribution in [2.75, 3.05) is 13.7 Å². The molecule has 5 rings (SSSR count). The van der Waals surface area contributed by atoms with Crippen molar-refractivity contribution in [2.24, 2.45) is 0 Å². The summed E-state index contributed by atoms with van der Waals surface area (Å²) in [5, 5.41) is 17.0. The summed E-state index contributed by atoms with van der Waals surface area (Å²) in [6.07, 6.45) is 2.17. The molecule has 5 heteroatoms. The minimum atomic E-state index is -0.944. The van der Waals surface area contributed by atoms with Crippen LogP contribution in [-0.4, -0.2) is 35.4 Å². The smallest absolute Gasteiger partial charge is 0.217 e. The second-order valence-electron chi connectivity index (χ2n) is 9.17. The van der Waals surface area contributed by atoms with Crippen LogP contribution < -0.4 is 10.1 Å². The number of aromatic nitrogens is 1. The van der Waals surface area contributed by atoms with Gasteiger partial charge in [0.2, 0.25) is 5.88 Å². The lowest BCUT2D eigenvalue weighted by Gasteiger charge is -2.43. The molecular formula is C29H29BrN2O2. The summed E-state index contributed by atoms with van der Waals surface area (Å²) >= 11 is 3.58. The van der Waals surface area contributed by atoms with Crippen molar-refractivity contribution in [2.45, 2.75) is 36.8 Å². The highest BCUT2D eigenvalue weighted by Crippen LogP contribution is 2.45. The Labute approximate surface area is 209 Å². The summed E-state index contributed by atoms with van der Waals surface area (Å²) in [5.41, 5.74) is 3.19. The maximum atomic E-state index is 12.3. The van der Waals surface area contributed by atoms with Gasteiger partial charge in [0.1, 0.15) is 0 Å². The Bertz CT molecular complexity index is 1270. The van der Waals surface area contributed by atoms with E-state index in [1.54, 1.807) is 7.11 Å². The fourth-order valence-corrected chi connectivity index (χ4v) is 5.72. The Morgan fingerprint density at radius 1 is 1.06 bits per heavy atom. The van der Waals surface area contributed by atoms with Crippen molar-refractivity contribution in [3.05, 3.63) is 106 Å². The predicted molar refractivity (Wildman–Crippen MR) is 140 cm³/mol. The molecular weight excluding hydrogens is 488 g/mol. The summed E-state index contributed by atoms with van der Waals surface area (Å²) in [6.45, 7) is 0.756. The lowest BCUT2D eigenvalue weighted by molar-refractivity contribution is -0.0191. The fourth-order valence-electron chi connectivity index (χ4n) is 5.34. The third-order valence-corrected chi connectivity index (χ3v) is 7.35. The maximum Gasteiger partial charge on any atom is 0.217 e. The van der Waals surface area contributed by atoms with E-state index in [2.05, 4.69) is 69.8 Å². The van der Waals surface area contributed by atoms with E-state index in [0.717, 1.165) is 39.5 Å². The van der Waals surface area contributed by atoms with Gasteiger partial charge in [-0.15, -0.1) is 0 Å². The number of nitrogens with zero attached hydrogens (tertiary/aromatic N) is 1. The number of pyridine rings is 1. The summed E-state index contributed by atoms with van der Waals surface area (Å²) in [4.78, 5) is 4.82. The molecule has 0 spiro atoms. The molecule has 1 saturated heterocycles. The molecule has 3 aromatic carbocycles. The minimum Gasteiger partial charge on any atom is -0.481 e. The van der Waals surface area contributed by atoms with Gasteiger partial charge in [0, 0.05) is 27.4 Å². The third-order valence-electron chi connectivity index (χ3n) is 6.86. The first-order valence-corrected chi connectivity index (χ1v) is 12.5. The molecule has 1 aliphatic heterocycles. The first-order chi connectivity index (χ1) is 16.6. The number of nitrogens with one attached hydrogen (secondary N) is 1. The number of hydrogen-bond acceptors (Lipinski definition) is 4. The zero-order chi connectivity index (χ0) is 23.5. The number of aliphatic hydroxyl groups is 1. The number of fused-ring (bicyclic) bond motifs is 1. The van der Waals surface area contributed by atoms with Gasteiger partial charge in [0.05, 0.1) is 18.2 Å². The molecule has 0 bridgehead atoms. The van der Waals surface area contributed by atoms with Gasteiger partial charge in [-0.05, 0) is 61.2 Å². The molecule has 0 saturated carbocycles. The quantitative estimate of drug-likeness (QED) is 0.336. The van der Waals surface area contributed by atoms with Crippen LogP contribution in [-0.2, 0) is 6.42 Å². The Balaban J connectivity index is 1.59. The highest BCUT2D eigenvalue weighted by molar-refractivity contribution is 9.10. The molecule has 0 radical (unpaired) electrons. The molecule has 0 amide bonds. The van der Waals surface area contributed by atoms with Crippen LogP contribution in [0.4, 0.5) is 0 Å². The fraction of sp³-hybridized carbons (Fsp3) is 0.276. The number of hydrogen-bond donors (Lipinski definition) is 2. The van der Waals surface area contributed by atoms with E-state index in [4.69, 9.17) is 9.72 Å². The van der Waals surface area contributed by atoms with Crippen molar-refractivity contribution in [3.8, 4) is 5.88 Å². The first kappa shape index (κ1) is 23.0. The molecule has 1 aliphatic rings. The standard InChI is InChI=1S/C29H29BrN2O2/c1-34-28-25(18-22-17-23(30)12-13-26(22)32-28)27(21-10-6-3-7-11-21)29(33)14-15-31-24(19-29)16-20-8-4-2-5-9-20/h2-13,17-18,24,27,31,33H,14-16,19H2,1H3. The average Bonchev–Trinajstić information content (AvgIpc) is 2.85. The Morgan fingerprint density at radius 3 is 2.53 bits per heavy atom. The zero-order valence-corrected chi connectivity index (χ0v) is 20.8. The largest absolute Gasteiger partial charge is 0.481 e. The van der Waals surface area contributed by atoms with Crippen molar-refractivity contribution >= 4 is 26.8 Å². The molecule has 1 aromatic heterocycles. The Hall–Kier alpha value is -2.73. The second-order valence-corrected chi connectivity index (χ2v) is 10.1. The topological polar surface area (TPSA) is 54.4 Å². The van der Waals surface area contributed by atoms with Gasteiger partial charge < -0.3 is 15.2 Å². The normalized spacial score (nSPS) is 21.3. The van der Waals surface area contributed by atoms with E-state index in [1.807, 2.05) is 36.4 Å². The van der Waals surface area contributed by atoms with Crippen LogP contribution in [0.25, 0.3) is 10.9 Å². The summed E-state index contributed by atoms with van der Waals surface area (Å²) in [7, 11) is 1.66. The van der Waals surface area contributed by atoms with E-state index in [9.17, 15) is 5.11 Å². The molecule has 3 unspecified atom stereocenters. The molecule has 2 N–H and O–H groups in total. The van der Waals surface area contributed by atoms with Crippen LogP contribution in [0.2, 0.25) is 0 Å². The van der Waals surface area contributed by atoms with Gasteiger partial charge in [-0.3, -0.25) is 0 Å². The van der Waals surface area contributed by atoms with Gasteiger partial charge in [-0.1, -0.05) is 76.6 Å². The zero-order valence-electron chi connectivity index (χ0n) is 19.2. The van der Waals surface area contributed by atoms with Gasteiger partial charge in [0.25, 0.3) is 0 Å². The van der Waals surface area contributed by atoms with Crippen LogP contribution in [0.1, 0.15) is 35.4 Å². The molecule has 0 aliphatic carbocycles. The first-order valence-electron chi connectivity index (χ1n) is 11.7. The number of methoxy groups -OCH3 is 1. The van der Waals surface area contributed by atoms with E-state index in [0.29, 0.717) is 18.7 Å². The van der Waals surface area contributed by atoms with Crippen LogP contribution in [0, 0.1) is 0 Å². The van der Waals surface area contributed by atoms with Gasteiger partial charge in [-0.25, -0.2) is 4.98 Å². The molecule has 3 atom stereocenters. The van der Waals surface area contributed by atoms with E-state index >= 15 is 0 Å². The van der Waals surface area contributed by atoms with Crippen LogP contribution in [0.15, 0.2) is 89.4 Å². The predicted octanol–water partition coefficient (Wildman–Crippen LogP) is 5.86. The summed E-state index contributed by atoms with van der Waals surface area (Å²) < 4.78 is 6.79. The van der Waals surface area contributed by atoms with Crippen molar-refractivity contribution in [1.82, 2.24) is 10.3 Å². The number of rotatable bonds is 6. The molecule has 34 heavy (non-hydrogen) atoms. The minimum absolute atomic E-state index is 0.181. The van der Waals surface area contributed by atoms with E-state index < -0.39 is 5.60 Å². The molecule has 174 valence electrons. The summed E-state index contributed by atoms with van der Waals surface area (Å²) in [6, 6.07) is 29.1. The molecule has 4 nitrogen and oxygen atoms in total. The van der Waals surface area contributed by atoms with Crippen LogP contribution in [0.3, 0.4) is 0 Å². The van der Waals surface area contributed by atoms with E-state index in [-0.39, 0.29) is 12.0 Å². The van der Waals surface area contributed by atoms with Gasteiger partial charge in [0.15, 0.2) is 0 Å². The lowest BCUT2D eigenvalue weighted by atomic mass is 9.70. The number of piperidine rings is 1. The van der Waals surface area contributed by atoms with Gasteiger partial charge >= 0.3 is 0 Å². The Morgan fingerprint density at radius 2 is 1.79 bits per heavy atom. The van der Waals surface area contributed by atoms with Crippen molar-refractivity contribution in [1.29, 1.82) is 0 Å². The summed E-state index contributed by atoms with van der Waals surface area (Å²) in [5.74, 6) is 0.301. The van der Waals surface area contributed by atoms with E-state index in [1.165, 1.54) is 5.56 Å². The second kappa shape index (κ2) is 9.87. The maximum absolute atomic E-state index is 12.3. The van der Waals surface area contributed by atoms with Crippen LogP contribution in [0.5, 0.6) is 5.88 Å².